The van der Waals surface area contributed by atoms with Gasteiger partial charge in [0.1, 0.15) is 5.75 Å². The summed E-state index contributed by atoms with van der Waals surface area (Å²) in [6.45, 7) is 2.19. The average molecular weight is 304 g/mol. The Hall–Kier alpha value is -1.16. The van der Waals surface area contributed by atoms with Crippen molar-refractivity contribution in [3.05, 3.63) is 29.8 Å². The largest absolute Gasteiger partial charge is 0.497 e. The lowest BCUT2D eigenvalue weighted by molar-refractivity contribution is 0.335. The quantitative estimate of drug-likeness (QED) is 0.916. The van der Waals surface area contributed by atoms with Crippen molar-refractivity contribution in [2.45, 2.75) is 44.7 Å². The van der Waals surface area contributed by atoms with E-state index in [1.807, 2.05) is 23.9 Å². The van der Waals surface area contributed by atoms with E-state index in [4.69, 9.17) is 9.73 Å². The lowest BCUT2D eigenvalue weighted by atomic mass is 9.86. The van der Waals surface area contributed by atoms with Gasteiger partial charge in [0.15, 0.2) is 5.17 Å². The van der Waals surface area contributed by atoms with Crippen molar-refractivity contribution in [2.75, 3.05) is 12.9 Å². The van der Waals surface area contributed by atoms with Crippen molar-refractivity contribution in [3.8, 4) is 5.75 Å². The number of nitrogens with zero attached hydrogens (tertiary/aromatic N) is 1. The van der Waals surface area contributed by atoms with Gasteiger partial charge in [0, 0.05) is 5.75 Å². The maximum absolute atomic E-state index is 5.21. The minimum Gasteiger partial charge on any atom is -0.497 e. The van der Waals surface area contributed by atoms with E-state index < -0.39 is 0 Å². The number of benzene rings is 1. The van der Waals surface area contributed by atoms with Crippen LogP contribution in [0.1, 0.15) is 44.2 Å². The van der Waals surface area contributed by atoms with Gasteiger partial charge in [0.2, 0.25) is 0 Å². The zero-order chi connectivity index (χ0) is 14.7. The monoisotopic (exact) mass is 304 g/mol. The first-order valence-electron chi connectivity index (χ1n) is 7.87. The van der Waals surface area contributed by atoms with Gasteiger partial charge in [0.25, 0.3) is 0 Å². The summed E-state index contributed by atoms with van der Waals surface area (Å²) in [6.07, 6.45) is 5.37. The Labute approximate surface area is 131 Å². The van der Waals surface area contributed by atoms with Crippen LogP contribution in [0.25, 0.3) is 0 Å². The van der Waals surface area contributed by atoms with Crippen LogP contribution >= 0.6 is 11.8 Å². The fourth-order valence-corrected chi connectivity index (χ4v) is 4.40. The number of methoxy groups -OCH3 is 1. The number of ether oxygens (including phenoxy) is 1. The number of rotatable bonds is 3. The van der Waals surface area contributed by atoms with Crippen molar-refractivity contribution in [3.63, 3.8) is 0 Å². The number of hydrogen-bond donors (Lipinski definition) is 1. The molecule has 3 nitrogen and oxygen atoms in total. The third-order valence-electron chi connectivity index (χ3n) is 4.54. The van der Waals surface area contributed by atoms with Gasteiger partial charge in [0.05, 0.1) is 19.2 Å². The Bertz CT molecular complexity index is 500. The summed E-state index contributed by atoms with van der Waals surface area (Å²) in [5.74, 6) is 2.94. The van der Waals surface area contributed by atoms with Crippen molar-refractivity contribution in [1.29, 1.82) is 0 Å². The molecule has 2 aliphatic rings. The lowest BCUT2D eigenvalue weighted by Gasteiger charge is -2.33. The molecule has 3 atom stereocenters. The second-order valence-corrected chi connectivity index (χ2v) is 7.01. The highest BCUT2D eigenvalue weighted by molar-refractivity contribution is 8.13. The fourth-order valence-electron chi connectivity index (χ4n) is 3.17. The third-order valence-corrected chi connectivity index (χ3v) is 5.63. The van der Waals surface area contributed by atoms with Crippen LogP contribution < -0.4 is 10.1 Å². The number of hydrogen-bond acceptors (Lipinski definition) is 4. The van der Waals surface area contributed by atoms with Gasteiger partial charge in [-0.25, -0.2) is 0 Å². The summed E-state index contributed by atoms with van der Waals surface area (Å²) in [6, 6.07) is 9.11. The first-order valence-corrected chi connectivity index (χ1v) is 8.86. The van der Waals surface area contributed by atoms with Crippen LogP contribution in [0.3, 0.4) is 0 Å². The topological polar surface area (TPSA) is 33.6 Å². The maximum atomic E-state index is 5.21. The Morgan fingerprint density at radius 3 is 2.76 bits per heavy atom. The summed E-state index contributed by atoms with van der Waals surface area (Å²) in [5.41, 5.74) is 1.27. The Kier molecular flexibility index (Phi) is 4.73. The van der Waals surface area contributed by atoms with Crippen molar-refractivity contribution in [2.24, 2.45) is 10.9 Å². The second-order valence-electron chi connectivity index (χ2n) is 6.00. The first-order chi connectivity index (χ1) is 10.3. The Balaban J connectivity index is 1.63. The molecule has 1 aromatic carbocycles. The highest BCUT2D eigenvalue weighted by Crippen LogP contribution is 2.34. The molecule has 1 aliphatic heterocycles. The lowest BCUT2D eigenvalue weighted by Crippen LogP contribution is -2.35. The SMILES string of the molecule is COc1ccc(C(C)NC2=NC3CCCCC3CS2)cc1. The van der Waals surface area contributed by atoms with Gasteiger partial charge in [-0.05, 0) is 43.4 Å². The van der Waals surface area contributed by atoms with E-state index in [1.165, 1.54) is 37.0 Å². The molecular weight excluding hydrogens is 280 g/mol. The van der Waals surface area contributed by atoms with Gasteiger partial charge in [-0.15, -0.1) is 0 Å². The molecule has 1 heterocycles. The van der Waals surface area contributed by atoms with Crippen LogP contribution in [0, 0.1) is 5.92 Å². The molecule has 3 rings (SSSR count). The fraction of sp³-hybridized carbons (Fsp3) is 0.588. The number of aliphatic imine (C=N–C) groups is 1. The van der Waals surface area contributed by atoms with E-state index in [0.717, 1.165) is 16.8 Å². The predicted octanol–water partition coefficient (Wildman–Crippen LogP) is 4.01. The maximum Gasteiger partial charge on any atom is 0.157 e. The summed E-state index contributed by atoms with van der Waals surface area (Å²) < 4.78 is 5.21. The van der Waals surface area contributed by atoms with Crippen molar-refractivity contribution in [1.82, 2.24) is 5.32 Å². The number of fused-ring (bicyclic) bond motifs is 1. The molecular formula is C17H24N2OS. The van der Waals surface area contributed by atoms with Crippen LogP contribution in [0.5, 0.6) is 5.75 Å². The van der Waals surface area contributed by atoms with Crippen molar-refractivity contribution < 1.29 is 4.74 Å². The summed E-state index contributed by atoms with van der Waals surface area (Å²) in [4.78, 5) is 4.95. The van der Waals surface area contributed by atoms with E-state index in [-0.39, 0.29) is 6.04 Å². The molecule has 4 heteroatoms. The van der Waals surface area contributed by atoms with Gasteiger partial charge in [-0.3, -0.25) is 4.99 Å². The van der Waals surface area contributed by atoms with E-state index in [2.05, 4.69) is 24.4 Å². The molecule has 21 heavy (non-hydrogen) atoms. The standard InChI is InChI=1S/C17H24N2OS/c1-12(13-7-9-15(20-2)10-8-13)18-17-19-16-6-4-3-5-14(16)11-21-17/h7-10,12,14,16H,3-6,11H2,1-2H3,(H,18,19). The molecule has 1 aliphatic carbocycles. The molecule has 0 bridgehead atoms. The minimum atomic E-state index is 0.280. The van der Waals surface area contributed by atoms with Gasteiger partial charge in [-0.1, -0.05) is 36.7 Å². The van der Waals surface area contributed by atoms with Crippen LogP contribution in [0.4, 0.5) is 0 Å². The first kappa shape index (κ1) is 14.8. The highest BCUT2D eigenvalue weighted by Gasteiger charge is 2.29. The van der Waals surface area contributed by atoms with E-state index in [1.54, 1.807) is 7.11 Å². The third kappa shape index (κ3) is 3.54. The van der Waals surface area contributed by atoms with Crippen molar-refractivity contribution >= 4 is 16.9 Å². The molecule has 1 saturated carbocycles. The molecule has 0 saturated heterocycles. The molecule has 0 spiro atoms. The smallest absolute Gasteiger partial charge is 0.157 e. The number of amidine groups is 1. The van der Waals surface area contributed by atoms with Crippen LogP contribution in [0.2, 0.25) is 0 Å². The number of thioether (sulfide) groups is 1. The molecule has 1 N–H and O–H groups in total. The minimum absolute atomic E-state index is 0.280. The van der Waals surface area contributed by atoms with Gasteiger partial charge < -0.3 is 10.1 Å². The molecule has 114 valence electrons. The Morgan fingerprint density at radius 1 is 1.24 bits per heavy atom. The van der Waals surface area contributed by atoms with E-state index in [9.17, 15) is 0 Å². The predicted molar refractivity (Wildman–Crippen MR) is 90.2 cm³/mol. The Morgan fingerprint density at radius 2 is 2.00 bits per heavy atom. The molecule has 1 fully saturated rings. The van der Waals surface area contributed by atoms with Crippen LogP contribution in [0.15, 0.2) is 29.3 Å². The molecule has 1 aromatic rings. The summed E-state index contributed by atoms with van der Waals surface area (Å²) in [5, 5.41) is 4.70. The number of nitrogens with one attached hydrogen (secondary N) is 1. The van der Waals surface area contributed by atoms with Crippen LogP contribution in [-0.2, 0) is 0 Å². The normalized spacial score (nSPS) is 26.5. The summed E-state index contributed by atoms with van der Waals surface area (Å²) in [7, 11) is 1.70. The highest BCUT2D eigenvalue weighted by atomic mass is 32.2. The van der Waals surface area contributed by atoms with E-state index in [0.29, 0.717) is 6.04 Å². The molecule has 0 aromatic heterocycles. The van der Waals surface area contributed by atoms with Gasteiger partial charge in [-0.2, -0.15) is 0 Å². The van der Waals surface area contributed by atoms with Gasteiger partial charge >= 0.3 is 0 Å². The second kappa shape index (κ2) is 6.73. The molecule has 3 unspecified atom stereocenters. The molecule has 0 amide bonds. The molecule has 0 radical (unpaired) electrons. The zero-order valence-corrected chi connectivity index (χ0v) is 13.7. The zero-order valence-electron chi connectivity index (χ0n) is 12.8. The average Bonchev–Trinajstić information content (AvgIpc) is 2.55. The van der Waals surface area contributed by atoms with E-state index >= 15 is 0 Å². The summed E-state index contributed by atoms with van der Waals surface area (Å²) >= 11 is 1.89. The van der Waals surface area contributed by atoms with Crippen LogP contribution in [-0.4, -0.2) is 24.1 Å².